The van der Waals surface area contributed by atoms with E-state index in [-0.39, 0.29) is 11.9 Å². The molecule has 0 fully saturated rings. The minimum absolute atomic E-state index is 0.0204. The van der Waals surface area contributed by atoms with Crippen LogP contribution in [-0.4, -0.2) is 27.3 Å². The van der Waals surface area contributed by atoms with Crippen LogP contribution >= 0.6 is 23.2 Å². The highest BCUT2D eigenvalue weighted by Gasteiger charge is 2.16. The fraction of sp³-hybridized carbons (Fsp3) is 0.318. The van der Waals surface area contributed by atoms with Crippen molar-refractivity contribution in [1.29, 1.82) is 0 Å². The van der Waals surface area contributed by atoms with Crippen molar-refractivity contribution >= 4 is 34.8 Å². The Labute approximate surface area is 186 Å². The van der Waals surface area contributed by atoms with Crippen LogP contribution in [0.3, 0.4) is 0 Å². The SMILES string of the molecule is CCCCCC(=O)Nc1ccc(-n2nc(OCC)nc2-c2ccc(Cl)c(Cl)c2)cc1. The maximum absolute atomic E-state index is 12.0. The number of amides is 1. The molecule has 0 aliphatic rings. The van der Waals surface area contributed by atoms with Crippen LogP contribution in [0.1, 0.15) is 39.5 Å². The zero-order chi connectivity index (χ0) is 21.5. The van der Waals surface area contributed by atoms with E-state index >= 15 is 0 Å². The molecule has 1 N–H and O–H groups in total. The molecule has 0 spiro atoms. The van der Waals surface area contributed by atoms with Gasteiger partial charge in [-0.3, -0.25) is 4.79 Å². The monoisotopic (exact) mass is 446 g/mol. The van der Waals surface area contributed by atoms with Gasteiger partial charge in [-0.05, 0) is 55.8 Å². The lowest BCUT2D eigenvalue weighted by molar-refractivity contribution is -0.116. The quantitative estimate of drug-likeness (QED) is 0.399. The first-order valence-corrected chi connectivity index (χ1v) is 10.7. The predicted molar refractivity (Wildman–Crippen MR) is 121 cm³/mol. The number of nitrogens with one attached hydrogen (secondary N) is 1. The lowest BCUT2D eigenvalue weighted by atomic mass is 10.2. The Balaban J connectivity index is 1.85. The third-order valence-electron chi connectivity index (χ3n) is 4.44. The van der Waals surface area contributed by atoms with E-state index in [1.165, 1.54) is 0 Å². The van der Waals surface area contributed by atoms with Gasteiger partial charge in [-0.2, -0.15) is 4.98 Å². The molecule has 2 aromatic carbocycles. The molecule has 0 unspecified atom stereocenters. The number of carbonyl (C=O) groups is 1. The molecule has 1 aromatic heterocycles. The van der Waals surface area contributed by atoms with Gasteiger partial charge in [-0.15, -0.1) is 5.10 Å². The number of unbranched alkanes of at least 4 members (excludes halogenated alkanes) is 2. The van der Waals surface area contributed by atoms with Crippen LogP contribution in [0.4, 0.5) is 5.69 Å². The minimum Gasteiger partial charge on any atom is -0.463 e. The molecule has 8 heteroatoms. The van der Waals surface area contributed by atoms with Crippen LogP contribution in [0.2, 0.25) is 10.0 Å². The average Bonchev–Trinajstić information content (AvgIpc) is 3.15. The zero-order valence-electron chi connectivity index (χ0n) is 17.0. The molecule has 0 radical (unpaired) electrons. The molecule has 1 amide bonds. The van der Waals surface area contributed by atoms with E-state index in [9.17, 15) is 4.79 Å². The van der Waals surface area contributed by atoms with Crippen molar-refractivity contribution in [2.75, 3.05) is 11.9 Å². The number of benzene rings is 2. The lowest BCUT2D eigenvalue weighted by Gasteiger charge is -2.09. The molecule has 3 aromatic rings. The number of aromatic nitrogens is 3. The Morgan fingerprint density at radius 3 is 2.50 bits per heavy atom. The highest BCUT2D eigenvalue weighted by Crippen LogP contribution is 2.30. The molecule has 0 atom stereocenters. The Hall–Kier alpha value is -2.57. The van der Waals surface area contributed by atoms with E-state index in [2.05, 4.69) is 22.3 Å². The Kier molecular flexibility index (Phi) is 7.71. The topological polar surface area (TPSA) is 69.0 Å². The van der Waals surface area contributed by atoms with Gasteiger partial charge in [0, 0.05) is 17.7 Å². The number of anilines is 1. The molecule has 0 aliphatic heterocycles. The molecule has 3 rings (SSSR count). The maximum atomic E-state index is 12.0. The fourth-order valence-electron chi connectivity index (χ4n) is 2.93. The fourth-order valence-corrected chi connectivity index (χ4v) is 3.23. The summed E-state index contributed by atoms with van der Waals surface area (Å²) in [6.45, 7) is 4.44. The number of ether oxygens (including phenoxy) is 1. The van der Waals surface area contributed by atoms with Crippen molar-refractivity contribution in [1.82, 2.24) is 14.8 Å². The third-order valence-corrected chi connectivity index (χ3v) is 5.18. The van der Waals surface area contributed by atoms with Gasteiger partial charge in [-0.25, -0.2) is 4.68 Å². The normalized spacial score (nSPS) is 10.8. The molecule has 0 saturated heterocycles. The van der Waals surface area contributed by atoms with Gasteiger partial charge in [0.15, 0.2) is 5.82 Å². The van der Waals surface area contributed by atoms with Crippen molar-refractivity contribution in [3.05, 3.63) is 52.5 Å². The van der Waals surface area contributed by atoms with Crippen LogP contribution in [0.25, 0.3) is 17.1 Å². The van der Waals surface area contributed by atoms with E-state index < -0.39 is 0 Å². The lowest BCUT2D eigenvalue weighted by Crippen LogP contribution is -2.11. The standard InChI is InChI=1S/C22H24Cl2N4O2/c1-3-5-6-7-20(29)25-16-9-11-17(12-10-16)28-21(26-22(27-28)30-4-2)15-8-13-18(23)19(24)14-15/h8-14H,3-7H2,1-2H3,(H,25,29). The van der Waals surface area contributed by atoms with Gasteiger partial charge in [0.1, 0.15) is 0 Å². The summed E-state index contributed by atoms with van der Waals surface area (Å²) in [5.74, 6) is 0.598. The summed E-state index contributed by atoms with van der Waals surface area (Å²) in [5.41, 5.74) is 2.27. The number of nitrogens with zero attached hydrogens (tertiary/aromatic N) is 3. The second kappa shape index (κ2) is 10.5. The van der Waals surface area contributed by atoms with E-state index in [1.807, 2.05) is 37.3 Å². The van der Waals surface area contributed by atoms with Crippen LogP contribution in [0, 0.1) is 0 Å². The van der Waals surface area contributed by atoms with Crippen LogP contribution in [0.5, 0.6) is 6.01 Å². The van der Waals surface area contributed by atoms with Crippen molar-refractivity contribution in [2.24, 2.45) is 0 Å². The summed E-state index contributed by atoms with van der Waals surface area (Å²) in [6.07, 6.45) is 3.56. The largest absolute Gasteiger partial charge is 0.463 e. The summed E-state index contributed by atoms with van der Waals surface area (Å²) in [7, 11) is 0. The van der Waals surface area contributed by atoms with Gasteiger partial charge in [0.05, 0.1) is 22.3 Å². The minimum atomic E-state index is 0.0204. The summed E-state index contributed by atoms with van der Waals surface area (Å²) in [4.78, 5) is 16.5. The first-order chi connectivity index (χ1) is 14.5. The van der Waals surface area contributed by atoms with Crippen molar-refractivity contribution in [3.63, 3.8) is 0 Å². The second-order valence-corrected chi connectivity index (χ2v) is 7.56. The van der Waals surface area contributed by atoms with Crippen molar-refractivity contribution in [2.45, 2.75) is 39.5 Å². The first kappa shape index (κ1) is 22.1. The van der Waals surface area contributed by atoms with Crippen molar-refractivity contribution < 1.29 is 9.53 Å². The van der Waals surface area contributed by atoms with Crippen molar-refractivity contribution in [3.8, 4) is 23.1 Å². The molecular formula is C22H24Cl2N4O2. The highest BCUT2D eigenvalue weighted by atomic mass is 35.5. The Morgan fingerprint density at radius 2 is 1.83 bits per heavy atom. The summed E-state index contributed by atoms with van der Waals surface area (Å²) < 4.78 is 7.17. The number of carbonyl (C=O) groups excluding carboxylic acids is 1. The molecule has 0 aliphatic carbocycles. The Bertz CT molecular complexity index is 1000. The summed E-state index contributed by atoms with van der Waals surface area (Å²) >= 11 is 12.2. The third kappa shape index (κ3) is 5.52. The smallest absolute Gasteiger partial charge is 0.336 e. The van der Waals surface area contributed by atoms with E-state index in [1.54, 1.807) is 16.8 Å². The molecular weight excluding hydrogens is 423 g/mol. The maximum Gasteiger partial charge on any atom is 0.336 e. The van der Waals surface area contributed by atoms with Crippen LogP contribution in [0.15, 0.2) is 42.5 Å². The van der Waals surface area contributed by atoms with Gasteiger partial charge in [-0.1, -0.05) is 43.0 Å². The number of hydrogen-bond acceptors (Lipinski definition) is 4. The highest BCUT2D eigenvalue weighted by molar-refractivity contribution is 6.42. The summed E-state index contributed by atoms with van der Waals surface area (Å²) in [5, 5.41) is 8.28. The molecule has 6 nitrogen and oxygen atoms in total. The molecule has 0 bridgehead atoms. The van der Waals surface area contributed by atoms with E-state index in [0.29, 0.717) is 28.9 Å². The Morgan fingerprint density at radius 1 is 1.07 bits per heavy atom. The van der Waals surface area contributed by atoms with Gasteiger partial charge in [0.2, 0.25) is 5.91 Å². The average molecular weight is 447 g/mol. The zero-order valence-corrected chi connectivity index (χ0v) is 18.5. The number of hydrogen-bond donors (Lipinski definition) is 1. The van der Waals surface area contributed by atoms with Gasteiger partial charge >= 0.3 is 6.01 Å². The number of halogens is 2. The van der Waals surface area contributed by atoms with Gasteiger partial charge in [0.25, 0.3) is 0 Å². The predicted octanol–water partition coefficient (Wildman–Crippen LogP) is 6.16. The molecule has 0 saturated carbocycles. The van der Waals surface area contributed by atoms with Crippen LogP contribution in [-0.2, 0) is 4.79 Å². The second-order valence-electron chi connectivity index (χ2n) is 6.74. The van der Waals surface area contributed by atoms with E-state index in [4.69, 9.17) is 27.9 Å². The number of rotatable bonds is 9. The first-order valence-electron chi connectivity index (χ1n) is 9.97. The molecule has 158 valence electrons. The summed E-state index contributed by atoms with van der Waals surface area (Å²) in [6, 6.07) is 13.0. The van der Waals surface area contributed by atoms with Crippen LogP contribution < -0.4 is 10.1 Å². The van der Waals surface area contributed by atoms with E-state index in [0.717, 1.165) is 36.2 Å². The van der Waals surface area contributed by atoms with Gasteiger partial charge < -0.3 is 10.1 Å². The molecule has 30 heavy (non-hydrogen) atoms. The molecule has 1 heterocycles.